The molecule has 1 atom stereocenters. The van der Waals surface area contributed by atoms with Crippen molar-refractivity contribution in [1.29, 1.82) is 0 Å². The number of sulfonamides is 1. The van der Waals surface area contributed by atoms with Gasteiger partial charge in [0, 0.05) is 26.2 Å². The molecule has 0 spiro atoms. The van der Waals surface area contributed by atoms with Crippen LogP contribution in [-0.2, 0) is 24.3 Å². The molecule has 0 aliphatic carbocycles. The van der Waals surface area contributed by atoms with Gasteiger partial charge in [0.25, 0.3) is 0 Å². The first-order valence-electron chi connectivity index (χ1n) is 10.9. The van der Waals surface area contributed by atoms with Gasteiger partial charge in [-0.15, -0.1) is 0 Å². The second-order valence-electron chi connectivity index (χ2n) is 8.23. The van der Waals surface area contributed by atoms with Crippen molar-refractivity contribution in [3.63, 3.8) is 0 Å². The van der Waals surface area contributed by atoms with Crippen LogP contribution in [0.4, 0.5) is 0 Å². The number of nitrogens with zero attached hydrogens (tertiary/aromatic N) is 3. The number of carbonyl (C=O) groups excluding carboxylic acids is 1. The molecule has 0 radical (unpaired) electrons. The fourth-order valence-electron chi connectivity index (χ4n) is 3.79. The number of methoxy groups -OCH3 is 1. The van der Waals surface area contributed by atoms with Gasteiger partial charge in [-0.05, 0) is 58.1 Å². The van der Waals surface area contributed by atoms with Crippen LogP contribution < -0.4 is 4.74 Å². The molecule has 1 aromatic carbocycles. The molecule has 9 nitrogen and oxygen atoms in total. The van der Waals surface area contributed by atoms with E-state index in [-0.39, 0.29) is 37.2 Å². The molecule has 0 unspecified atom stereocenters. The summed E-state index contributed by atoms with van der Waals surface area (Å²) in [5.74, 6) is 0.511. The summed E-state index contributed by atoms with van der Waals surface area (Å²) in [6.07, 6.45) is 0. The van der Waals surface area contributed by atoms with Crippen molar-refractivity contribution in [1.82, 2.24) is 14.1 Å². The average molecular weight is 472 g/mol. The molecule has 1 saturated heterocycles. The standard InChI is InChI=1S/C22H37N3O6S/c1-7-24(9-8-23(4)5)21(26)16-31-15-19-14-30-11-10-25(19)32(27,28)22-17(2)12-20(29-6)13-18(22)3/h12-13,19H,7-11,14-16H2,1-6H3/t19-/m0/s1. The van der Waals surface area contributed by atoms with E-state index in [4.69, 9.17) is 14.2 Å². The summed E-state index contributed by atoms with van der Waals surface area (Å²) in [6.45, 7) is 8.21. The lowest BCUT2D eigenvalue weighted by atomic mass is 10.1. The van der Waals surface area contributed by atoms with Gasteiger partial charge in [0.15, 0.2) is 0 Å². The number of hydrogen-bond donors (Lipinski definition) is 0. The maximum absolute atomic E-state index is 13.5. The van der Waals surface area contributed by atoms with Crippen LogP contribution in [0, 0.1) is 13.8 Å². The zero-order valence-corrected chi connectivity index (χ0v) is 20.9. The second-order valence-corrected chi connectivity index (χ2v) is 10.1. The highest BCUT2D eigenvalue weighted by Gasteiger charge is 2.36. The fraction of sp³-hybridized carbons (Fsp3) is 0.682. The normalized spacial score (nSPS) is 17.5. The summed E-state index contributed by atoms with van der Waals surface area (Å²) < 4.78 is 45.0. The molecule has 0 saturated carbocycles. The predicted octanol–water partition coefficient (Wildman–Crippen LogP) is 1.13. The van der Waals surface area contributed by atoms with Crippen LogP contribution in [0.2, 0.25) is 0 Å². The van der Waals surface area contributed by atoms with Crippen molar-refractivity contribution in [2.45, 2.75) is 31.7 Å². The van der Waals surface area contributed by atoms with E-state index >= 15 is 0 Å². The number of ether oxygens (including phenoxy) is 3. The first-order chi connectivity index (χ1) is 15.1. The summed E-state index contributed by atoms with van der Waals surface area (Å²) in [5, 5.41) is 0. The Bertz CT molecular complexity index is 851. The van der Waals surface area contributed by atoms with Crippen LogP contribution in [0.1, 0.15) is 18.1 Å². The fourth-order valence-corrected chi connectivity index (χ4v) is 5.79. The van der Waals surface area contributed by atoms with Gasteiger partial charge >= 0.3 is 0 Å². The van der Waals surface area contributed by atoms with Gasteiger partial charge in [0.2, 0.25) is 15.9 Å². The smallest absolute Gasteiger partial charge is 0.248 e. The molecular formula is C22H37N3O6S. The van der Waals surface area contributed by atoms with Gasteiger partial charge in [-0.3, -0.25) is 4.79 Å². The number of likely N-dealkylation sites (N-methyl/N-ethyl adjacent to an activating group) is 2. The van der Waals surface area contributed by atoms with Crippen molar-refractivity contribution in [3.8, 4) is 5.75 Å². The number of carbonyl (C=O) groups is 1. The Labute approximate surface area is 192 Å². The molecule has 1 aliphatic rings. The Kier molecular flexibility index (Phi) is 9.90. The highest BCUT2D eigenvalue weighted by molar-refractivity contribution is 7.89. The lowest BCUT2D eigenvalue weighted by Gasteiger charge is -2.35. The van der Waals surface area contributed by atoms with Crippen LogP contribution in [-0.4, -0.2) is 108 Å². The van der Waals surface area contributed by atoms with Gasteiger partial charge in [-0.25, -0.2) is 8.42 Å². The minimum atomic E-state index is -3.77. The molecule has 2 rings (SSSR count). The zero-order chi connectivity index (χ0) is 23.9. The molecule has 32 heavy (non-hydrogen) atoms. The molecule has 1 fully saturated rings. The summed E-state index contributed by atoms with van der Waals surface area (Å²) in [4.78, 5) is 16.5. The first kappa shape index (κ1) is 26.5. The van der Waals surface area contributed by atoms with Crippen molar-refractivity contribution < 1.29 is 27.4 Å². The molecular weight excluding hydrogens is 434 g/mol. The van der Waals surface area contributed by atoms with Gasteiger partial charge in [-0.2, -0.15) is 4.31 Å². The minimum absolute atomic E-state index is 0.0878. The van der Waals surface area contributed by atoms with Gasteiger partial charge in [0.05, 0.1) is 37.9 Å². The van der Waals surface area contributed by atoms with Gasteiger partial charge in [-0.1, -0.05) is 0 Å². The number of rotatable bonds is 11. The molecule has 182 valence electrons. The Morgan fingerprint density at radius 1 is 1.22 bits per heavy atom. The molecule has 0 aromatic heterocycles. The van der Waals surface area contributed by atoms with Crippen LogP contribution in [0.15, 0.2) is 17.0 Å². The van der Waals surface area contributed by atoms with Gasteiger partial charge in [0.1, 0.15) is 12.4 Å². The number of morpholine rings is 1. The van der Waals surface area contributed by atoms with Crippen LogP contribution in [0.3, 0.4) is 0 Å². The van der Waals surface area contributed by atoms with Crippen molar-refractivity contribution in [2.75, 3.05) is 73.8 Å². The van der Waals surface area contributed by atoms with E-state index < -0.39 is 16.1 Å². The summed E-state index contributed by atoms with van der Waals surface area (Å²) in [6, 6.07) is 2.94. The third-order valence-corrected chi connectivity index (χ3v) is 7.76. The number of hydrogen-bond acceptors (Lipinski definition) is 7. The van der Waals surface area contributed by atoms with Crippen molar-refractivity contribution in [2.24, 2.45) is 0 Å². The van der Waals surface area contributed by atoms with E-state index in [9.17, 15) is 13.2 Å². The first-order valence-corrected chi connectivity index (χ1v) is 12.3. The lowest BCUT2D eigenvalue weighted by molar-refractivity contribution is -0.137. The Morgan fingerprint density at radius 2 is 1.88 bits per heavy atom. The predicted molar refractivity (Wildman–Crippen MR) is 123 cm³/mol. The Hall–Kier alpha value is -1.72. The molecule has 1 amide bonds. The van der Waals surface area contributed by atoms with E-state index in [2.05, 4.69) is 0 Å². The highest BCUT2D eigenvalue weighted by Crippen LogP contribution is 2.30. The second kappa shape index (κ2) is 11.9. The van der Waals surface area contributed by atoms with E-state index in [1.165, 1.54) is 4.31 Å². The molecule has 0 bridgehead atoms. The largest absolute Gasteiger partial charge is 0.497 e. The van der Waals surface area contributed by atoms with E-state index in [1.54, 1.807) is 38.0 Å². The minimum Gasteiger partial charge on any atom is -0.497 e. The Morgan fingerprint density at radius 3 is 2.44 bits per heavy atom. The third kappa shape index (κ3) is 6.64. The molecule has 1 aromatic rings. The van der Waals surface area contributed by atoms with E-state index in [0.29, 0.717) is 36.6 Å². The topological polar surface area (TPSA) is 88.6 Å². The van der Waals surface area contributed by atoms with Crippen LogP contribution >= 0.6 is 0 Å². The Balaban J connectivity index is 2.09. The SMILES string of the molecule is CCN(CCN(C)C)C(=O)COC[C@@H]1COCCN1S(=O)(=O)c1c(C)cc(OC)cc1C. The average Bonchev–Trinajstić information content (AvgIpc) is 2.73. The number of amides is 1. The maximum atomic E-state index is 13.5. The zero-order valence-electron chi connectivity index (χ0n) is 20.1. The quantitative estimate of drug-likeness (QED) is 0.478. The van der Waals surface area contributed by atoms with Crippen molar-refractivity contribution in [3.05, 3.63) is 23.3 Å². The molecule has 1 heterocycles. The number of benzene rings is 1. The third-order valence-electron chi connectivity index (χ3n) is 5.50. The van der Waals surface area contributed by atoms with E-state index in [0.717, 1.165) is 6.54 Å². The molecule has 10 heteroatoms. The summed E-state index contributed by atoms with van der Waals surface area (Å²) in [5.41, 5.74) is 1.25. The summed E-state index contributed by atoms with van der Waals surface area (Å²) >= 11 is 0. The molecule has 1 aliphatic heterocycles. The highest BCUT2D eigenvalue weighted by atomic mass is 32.2. The summed E-state index contributed by atoms with van der Waals surface area (Å²) in [7, 11) is 1.70. The lowest BCUT2D eigenvalue weighted by Crippen LogP contribution is -2.51. The van der Waals surface area contributed by atoms with E-state index in [1.807, 2.05) is 25.9 Å². The van der Waals surface area contributed by atoms with Crippen molar-refractivity contribution >= 4 is 15.9 Å². The van der Waals surface area contributed by atoms with Gasteiger partial charge < -0.3 is 24.0 Å². The molecule has 0 N–H and O–H groups in total. The maximum Gasteiger partial charge on any atom is 0.248 e. The number of aryl methyl sites for hydroxylation is 2. The monoisotopic (exact) mass is 471 g/mol. The van der Waals surface area contributed by atoms with Crippen LogP contribution in [0.5, 0.6) is 5.75 Å². The van der Waals surface area contributed by atoms with Crippen LogP contribution in [0.25, 0.3) is 0 Å².